The number of nitrogens with zero attached hydrogens (tertiary/aromatic N) is 1. The van der Waals surface area contributed by atoms with Crippen LogP contribution < -0.4 is 0 Å². The molecule has 24 heavy (non-hydrogen) atoms. The molecule has 2 aliphatic carbocycles. The van der Waals surface area contributed by atoms with Gasteiger partial charge >= 0.3 is 0 Å². The molecule has 2 atom stereocenters. The Morgan fingerprint density at radius 2 is 2.08 bits per heavy atom. The van der Waals surface area contributed by atoms with Gasteiger partial charge in [0, 0.05) is 49.3 Å². The molecule has 8 heteroatoms. The largest absolute Gasteiger partial charge is 0.316 e. The molecule has 2 fully saturated rings. The van der Waals surface area contributed by atoms with Gasteiger partial charge in [-0.3, -0.25) is 18.6 Å². The second-order valence-corrected chi connectivity index (χ2v) is 8.46. The van der Waals surface area contributed by atoms with Crippen molar-refractivity contribution in [2.75, 3.05) is 19.4 Å². The molecule has 0 unspecified atom stereocenters. The molecule has 0 aromatic heterocycles. The van der Waals surface area contributed by atoms with Crippen molar-refractivity contribution in [1.29, 1.82) is 0 Å². The third kappa shape index (κ3) is 3.04. The van der Waals surface area contributed by atoms with Crippen LogP contribution in [0.4, 0.5) is 0 Å². The van der Waals surface area contributed by atoms with Crippen molar-refractivity contribution >= 4 is 27.6 Å². The fourth-order valence-electron chi connectivity index (χ4n) is 4.25. The number of hydrogen-bond donors (Lipinski definition) is 0. The van der Waals surface area contributed by atoms with Crippen LogP contribution in [0.15, 0.2) is 11.8 Å². The molecule has 132 valence electrons. The fraction of sp³-hybridized carbons (Fsp3) is 0.688. The summed E-state index contributed by atoms with van der Waals surface area (Å²) >= 11 is 0. The van der Waals surface area contributed by atoms with Gasteiger partial charge in [-0.15, -0.1) is 0 Å². The Hall–Kier alpha value is -1.54. The minimum atomic E-state index is -3.50. The lowest BCUT2D eigenvalue weighted by Crippen LogP contribution is -2.49. The zero-order valence-electron chi connectivity index (χ0n) is 13.6. The Bertz CT molecular complexity index is 725. The van der Waals surface area contributed by atoms with Gasteiger partial charge < -0.3 is 4.90 Å². The summed E-state index contributed by atoms with van der Waals surface area (Å²) in [5.74, 6) is -0.193. The topological polar surface area (TPSA) is 97.8 Å². The predicted octanol–water partition coefficient (Wildman–Crippen LogP) is 0.797. The van der Waals surface area contributed by atoms with Gasteiger partial charge in [0.1, 0.15) is 11.6 Å². The first kappa shape index (κ1) is 17.3. The summed E-state index contributed by atoms with van der Waals surface area (Å²) in [5, 5.41) is 0. The van der Waals surface area contributed by atoms with E-state index in [9.17, 15) is 22.8 Å². The Morgan fingerprint density at radius 1 is 1.33 bits per heavy atom. The number of hydrogen-bond acceptors (Lipinski definition) is 6. The Kier molecular flexibility index (Phi) is 4.37. The predicted molar refractivity (Wildman–Crippen MR) is 84.2 cm³/mol. The molecular formula is C16H21NO6S. The summed E-state index contributed by atoms with van der Waals surface area (Å²) < 4.78 is 26.7. The maximum atomic E-state index is 12.3. The van der Waals surface area contributed by atoms with E-state index in [4.69, 9.17) is 4.18 Å². The van der Waals surface area contributed by atoms with Crippen LogP contribution >= 0.6 is 0 Å². The first-order valence-corrected chi connectivity index (χ1v) is 9.94. The van der Waals surface area contributed by atoms with Crippen LogP contribution in [0.25, 0.3) is 0 Å². The highest BCUT2D eigenvalue weighted by molar-refractivity contribution is 7.85. The average Bonchev–Trinajstić information content (AvgIpc) is 2.83. The number of Topliss-reactive ketones (excluding diaryl/α,β-unsaturated/α-hetero) is 2. The second-order valence-electron chi connectivity index (χ2n) is 6.81. The summed E-state index contributed by atoms with van der Waals surface area (Å²) in [6, 6.07) is 0. The van der Waals surface area contributed by atoms with E-state index in [0.717, 1.165) is 12.0 Å². The Morgan fingerprint density at radius 3 is 2.79 bits per heavy atom. The van der Waals surface area contributed by atoms with Crippen LogP contribution in [0.1, 0.15) is 38.5 Å². The minimum Gasteiger partial charge on any atom is -0.316 e. The molecule has 0 aromatic rings. The van der Waals surface area contributed by atoms with Gasteiger partial charge in [-0.2, -0.15) is 8.42 Å². The smallest absolute Gasteiger partial charge is 0.264 e. The normalized spacial score (nSPS) is 30.2. The average molecular weight is 355 g/mol. The standard InChI is InChI=1S/C16H21NO6S/c1-24(21,22)23-8-2-7-17-14-4-3-13(19)12-9-11(18)10-16(12,14)6-5-15(17)20/h4,12H,2-3,5-10H2,1H3/t12-,16-/m1/s1. The molecule has 1 spiro atoms. The zero-order chi connectivity index (χ0) is 17.5. The zero-order valence-corrected chi connectivity index (χ0v) is 14.4. The summed E-state index contributed by atoms with van der Waals surface area (Å²) in [6.45, 7) is 0.335. The maximum Gasteiger partial charge on any atom is 0.264 e. The molecule has 3 aliphatic rings. The summed E-state index contributed by atoms with van der Waals surface area (Å²) in [7, 11) is -3.50. The fourth-order valence-corrected chi connectivity index (χ4v) is 4.67. The SMILES string of the molecule is CS(=O)(=O)OCCCN1C(=O)CC[C@@]23CC(=O)C[C@@H]2C(=O)CC=C13. The van der Waals surface area contributed by atoms with Gasteiger partial charge in [0.05, 0.1) is 12.9 Å². The lowest BCUT2D eigenvalue weighted by atomic mass is 9.64. The minimum absolute atomic E-state index is 0.00415. The number of allylic oxidation sites excluding steroid dienone is 2. The molecule has 1 heterocycles. The third-order valence-electron chi connectivity index (χ3n) is 5.21. The van der Waals surface area contributed by atoms with Crippen molar-refractivity contribution < 1.29 is 27.0 Å². The van der Waals surface area contributed by atoms with Crippen LogP contribution in [-0.2, 0) is 28.7 Å². The lowest BCUT2D eigenvalue weighted by molar-refractivity contribution is -0.138. The van der Waals surface area contributed by atoms with Crippen molar-refractivity contribution in [3.05, 3.63) is 11.8 Å². The van der Waals surface area contributed by atoms with Crippen molar-refractivity contribution in [3.8, 4) is 0 Å². The molecule has 1 saturated heterocycles. The molecular weight excluding hydrogens is 334 g/mol. The molecule has 1 aliphatic heterocycles. The number of amides is 1. The molecule has 3 rings (SSSR count). The van der Waals surface area contributed by atoms with Crippen LogP contribution in [-0.4, -0.2) is 50.2 Å². The van der Waals surface area contributed by atoms with Crippen molar-refractivity contribution in [1.82, 2.24) is 4.90 Å². The molecule has 0 N–H and O–H groups in total. The summed E-state index contributed by atoms with van der Waals surface area (Å²) in [6.07, 6.45) is 4.83. The van der Waals surface area contributed by atoms with Crippen molar-refractivity contribution in [2.24, 2.45) is 11.3 Å². The van der Waals surface area contributed by atoms with Crippen molar-refractivity contribution in [2.45, 2.75) is 38.5 Å². The van der Waals surface area contributed by atoms with E-state index in [1.807, 2.05) is 0 Å². The number of carbonyl (C=O) groups excluding carboxylic acids is 3. The molecule has 0 aromatic carbocycles. The van der Waals surface area contributed by atoms with Crippen LogP contribution in [0.3, 0.4) is 0 Å². The van der Waals surface area contributed by atoms with Gasteiger partial charge in [-0.25, -0.2) is 0 Å². The van der Waals surface area contributed by atoms with E-state index in [1.165, 1.54) is 0 Å². The van der Waals surface area contributed by atoms with E-state index in [1.54, 1.807) is 11.0 Å². The third-order valence-corrected chi connectivity index (χ3v) is 5.80. The molecule has 1 amide bonds. The lowest BCUT2D eigenvalue weighted by Gasteiger charge is -2.47. The van der Waals surface area contributed by atoms with Gasteiger partial charge in [-0.05, 0) is 12.8 Å². The van der Waals surface area contributed by atoms with Gasteiger partial charge in [-0.1, -0.05) is 6.08 Å². The van der Waals surface area contributed by atoms with E-state index in [0.29, 0.717) is 32.2 Å². The summed E-state index contributed by atoms with van der Waals surface area (Å²) in [5.41, 5.74) is 0.256. The van der Waals surface area contributed by atoms with Gasteiger partial charge in [0.25, 0.3) is 10.1 Å². The van der Waals surface area contributed by atoms with Crippen LogP contribution in [0.5, 0.6) is 0 Å². The van der Waals surface area contributed by atoms with Crippen LogP contribution in [0, 0.1) is 11.3 Å². The number of carbonyl (C=O) groups is 3. The summed E-state index contributed by atoms with van der Waals surface area (Å²) in [4.78, 5) is 38.2. The Balaban J connectivity index is 1.78. The highest BCUT2D eigenvalue weighted by Crippen LogP contribution is 2.56. The second kappa shape index (κ2) is 6.07. The molecule has 1 saturated carbocycles. The van der Waals surface area contributed by atoms with Crippen LogP contribution in [0.2, 0.25) is 0 Å². The maximum absolute atomic E-state index is 12.3. The van der Waals surface area contributed by atoms with Gasteiger partial charge in [0.2, 0.25) is 5.91 Å². The quantitative estimate of drug-likeness (QED) is 0.534. The number of ketones is 2. The monoisotopic (exact) mass is 355 g/mol. The molecule has 7 nitrogen and oxygen atoms in total. The number of rotatable bonds is 5. The van der Waals surface area contributed by atoms with E-state index >= 15 is 0 Å². The number of likely N-dealkylation sites (tertiary alicyclic amines) is 1. The highest BCUT2D eigenvalue weighted by Gasteiger charge is 2.57. The van der Waals surface area contributed by atoms with E-state index < -0.39 is 15.5 Å². The molecule has 0 bridgehead atoms. The van der Waals surface area contributed by atoms with E-state index in [-0.39, 0.29) is 42.8 Å². The van der Waals surface area contributed by atoms with Crippen molar-refractivity contribution in [3.63, 3.8) is 0 Å². The first-order valence-electron chi connectivity index (χ1n) is 8.13. The Labute approximate surface area is 141 Å². The first-order chi connectivity index (χ1) is 11.2. The van der Waals surface area contributed by atoms with E-state index in [2.05, 4.69) is 0 Å². The highest BCUT2D eigenvalue weighted by atomic mass is 32.2. The molecule has 0 radical (unpaired) electrons. The number of piperidine rings is 1. The van der Waals surface area contributed by atoms with Gasteiger partial charge in [0.15, 0.2) is 0 Å².